The van der Waals surface area contributed by atoms with Crippen LogP contribution in [0.25, 0.3) is 22.3 Å². The maximum atomic E-state index is 12.6. The molecule has 0 spiro atoms. The molecular formula is C23H18N2O4. The van der Waals surface area contributed by atoms with Gasteiger partial charge in [0.05, 0.1) is 12.0 Å². The van der Waals surface area contributed by atoms with E-state index in [1.165, 1.54) is 6.07 Å². The van der Waals surface area contributed by atoms with Gasteiger partial charge < -0.3 is 14.5 Å². The third-order valence-electron chi connectivity index (χ3n) is 4.33. The first kappa shape index (κ1) is 18.4. The maximum absolute atomic E-state index is 12.6. The summed E-state index contributed by atoms with van der Waals surface area (Å²) in [6, 6.07) is 18.8. The smallest absolute Gasteiger partial charge is 0.274 e. The number of ether oxygens (including phenoxy) is 1. The maximum Gasteiger partial charge on any atom is 0.274 e. The van der Waals surface area contributed by atoms with E-state index < -0.39 is 0 Å². The largest absolute Gasteiger partial charge is 0.494 e. The van der Waals surface area contributed by atoms with Crippen molar-refractivity contribution in [1.29, 1.82) is 0 Å². The molecule has 0 bridgehead atoms. The average molecular weight is 386 g/mol. The standard InChI is InChI=1S/C23H18N2O4/c1-2-28-17-9-6-15(7-10-17)22-14-20(26)18-13-16(8-11-21(18)29-22)25-23(27)19-5-3-4-12-24-19/h3-14H,2H2,1H3,(H,25,27). The molecule has 0 fully saturated rings. The Labute approximate surface area is 166 Å². The van der Waals surface area contributed by atoms with E-state index >= 15 is 0 Å². The van der Waals surface area contributed by atoms with E-state index in [0.717, 1.165) is 11.3 Å². The Bertz CT molecular complexity index is 1220. The first-order chi connectivity index (χ1) is 14.1. The van der Waals surface area contributed by atoms with Crippen molar-refractivity contribution in [1.82, 2.24) is 4.98 Å². The van der Waals surface area contributed by atoms with Gasteiger partial charge in [0.25, 0.3) is 5.91 Å². The molecule has 4 rings (SSSR count). The van der Waals surface area contributed by atoms with E-state index in [1.807, 2.05) is 31.2 Å². The van der Waals surface area contributed by atoms with Crippen LogP contribution in [0.3, 0.4) is 0 Å². The molecule has 0 aliphatic heterocycles. The van der Waals surface area contributed by atoms with Gasteiger partial charge in [0.15, 0.2) is 5.43 Å². The normalized spacial score (nSPS) is 10.7. The second-order valence-corrected chi connectivity index (χ2v) is 6.31. The van der Waals surface area contributed by atoms with Crippen molar-refractivity contribution >= 4 is 22.6 Å². The van der Waals surface area contributed by atoms with Gasteiger partial charge in [-0.05, 0) is 61.5 Å². The molecule has 0 aliphatic carbocycles. The molecule has 2 heterocycles. The predicted octanol–water partition coefficient (Wildman–Crippen LogP) is 4.51. The monoisotopic (exact) mass is 386 g/mol. The van der Waals surface area contributed by atoms with E-state index in [9.17, 15) is 9.59 Å². The van der Waals surface area contributed by atoms with Gasteiger partial charge in [-0.15, -0.1) is 0 Å². The lowest BCUT2D eigenvalue weighted by molar-refractivity contribution is 0.102. The fraction of sp³-hybridized carbons (Fsp3) is 0.0870. The summed E-state index contributed by atoms with van der Waals surface area (Å²) in [6.07, 6.45) is 1.55. The minimum Gasteiger partial charge on any atom is -0.494 e. The highest BCUT2D eigenvalue weighted by atomic mass is 16.5. The van der Waals surface area contributed by atoms with Gasteiger partial charge in [-0.1, -0.05) is 6.07 Å². The number of carbonyl (C=O) groups is 1. The predicted molar refractivity (Wildman–Crippen MR) is 111 cm³/mol. The van der Waals surface area contributed by atoms with Gasteiger partial charge in [-0.25, -0.2) is 0 Å². The number of rotatable bonds is 5. The second kappa shape index (κ2) is 7.98. The first-order valence-electron chi connectivity index (χ1n) is 9.17. The van der Waals surface area contributed by atoms with Crippen molar-refractivity contribution in [2.75, 3.05) is 11.9 Å². The minimum atomic E-state index is -0.347. The number of fused-ring (bicyclic) bond motifs is 1. The van der Waals surface area contributed by atoms with Crippen LogP contribution >= 0.6 is 0 Å². The molecule has 144 valence electrons. The van der Waals surface area contributed by atoms with Crippen molar-refractivity contribution in [3.63, 3.8) is 0 Å². The number of benzene rings is 2. The highest BCUT2D eigenvalue weighted by Crippen LogP contribution is 2.25. The number of anilines is 1. The molecule has 0 atom stereocenters. The van der Waals surface area contributed by atoms with Crippen LogP contribution in [0, 0.1) is 0 Å². The number of pyridine rings is 1. The highest BCUT2D eigenvalue weighted by molar-refractivity contribution is 6.03. The fourth-order valence-electron chi connectivity index (χ4n) is 2.95. The molecular weight excluding hydrogens is 368 g/mol. The van der Waals surface area contributed by atoms with Crippen molar-refractivity contribution in [2.24, 2.45) is 0 Å². The van der Waals surface area contributed by atoms with Crippen LogP contribution in [0.5, 0.6) is 5.75 Å². The molecule has 0 radical (unpaired) electrons. The van der Waals surface area contributed by atoms with E-state index in [1.54, 1.807) is 42.6 Å². The highest BCUT2D eigenvalue weighted by Gasteiger charge is 2.11. The fourth-order valence-corrected chi connectivity index (χ4v) is 2.95. The van der Waals surface area contributed by atoms with E-state index in [2.05, 4.69) is 10.3 Å². The van der Waals surface area contributed by atoms with Crippen molar-refractivity contribution in [3.8, 4) is 17.1 Å². The molecule has 4 aromatic rings. The van der Waals surface area contributed by atoms with Crippen LogP contribution in [0.1, 0.15) is 17.4 Å². The Balaban J connectivity index is 1.63. The zero-order chi connectivity index (χ0) is 20.2. The lowest BCUT2D eigenvalue weighted by Gasteiger charge is -2.08. The van der Waals surface area contributed by atoms with Crippen molar-refractivity contribution in [2.45, 2.75) is 6.92 Å². The SMILES string of the molecule is CCOc1ccc(-c2cc(=O)c3cc(NC(=O)c4ccccn4)ccc3o2)cc1. The topological polar surface area (TPSA) is 81.4 Å². The van der Waals surface area contributed by atoms with Crippen LogP contribution < -0.4 is 15.5 Å². The van der Waals surface area contributed by atoms with E-state index in [-0.39, 0.29) is 11.3 Å². The molecule has 6 heteroatoms. The molecule has 0 unspecified atom stereocenters. The summed E-state index contributed by atoms with van der Waals surface area (Å²) in [7, 11) is 0. The van der Waals surface area contributed by atoms with Crippen molar-refractivity contribution < 1.29 is 13.9 Å². The number of amides is 1. The number of hydrogen-bond donors (Lipinski definition) is 1. The van der Waals surface area contributed by atoms with Gasteiger partial charge in [0.2, 0.25) is 0 Å². The molecule has 0 saturated carbocycles. The summed E-state index contributed by atoms with van der Waals surface area (Å²) >= 11 is 0. The zero-order valence-electron chi connectivity index (χ0n) is 15.7. The van der Waals surface area contributed by atoms with Crippen LogP contribution in [-0.4, -0.2) is 17.5 Å². The summed E-state index contributed by atoms with van der Waals surface area (Å²) in [4.78, 5) is 28.9. The quantitative estimate of drug-likeness (QED) is 0.546. The number of nitrogens with one attached hydrogen (secondary N) is 1. The molecule has 1 N–H and O–H groups in total. The third kappa shape index (κ3) is 4.01. The van der Waals surface area contributed by atoms with Crippen LogP contribution in [0.15, 0.2) is 82.1 Å². The molecule has 0 aliphatic rings. The van der Waals surface area contributed by atoms with E-state index in [4.69, 9.17) is 9.15 Å². The number of carbonyl (C=O) groups excluding carboxylic acids is 1. The third-order valence-corrected chi connectivity index (χ3v) is 4.33. The molecule has 0 saturated heterocycles. The van der Waals surface area contributed by atoms with Crippen LogP contribution in [0.2, 0.25) is 0 Å². The van der Waals surface area contributed by atoms with Gasteiger partial charge in [0, 0.05) is 23.5 Å². The molecule has 2 aromatic heterocycles. The Hall–Kier alpha value is -3.93. The molecule has 29 heavy (non-hydrogen) atoms. The summed E-state index contributed by atoms with van der Waals surface area (Å²) < 4.78 is 11.3. The Morgan fingerprint density at radius 3 is 2.62 bits per heavy atom. The van der Waals surface area contributed by atoms with Gasteiger partial charge in [-0.3, -0.25) is 14.6 Å². The Kier molecular flexibility index (Phi) is 5.07. The van der Waals surface area contributed by atoms with Gasteiger partial charge in [0.1, 0.15) is 22.8 Å². The second-order valence-electron chi connectivity index (χ2n) is 6.31. The molecule has 2 aromatic carbocycles. The average Bonchev–Trinajstić information content (AvgIpc) is 2.75. The number of aromatic nitrogens is 1. The Morgan fingerprint density at radius 2 is 1.90 bits per heavy atom. The lowest BCUT2D eigenvalue weighted by Crippen LogP contribution is -2.13. The first-order valence-corrected chi connectivity index (χ1v) is 9.17. The lowest BCUT2D eigenvalue weighted by atomic mass is 10.1. The molecule has 6 nitrogen and oxygen atoms in total. The van der Waals surface area contributed by atoms with Crippen LogP contribution in [-0.2, 0) is 0 Å². The Morgan fingerprint density at radius 1 is 1.07 bits per heavy atom. The summed E-state index contributed by atoms with van der Waals surface area (Å²) in [5.41, 5.74) is 1.82. The summed E-state index contributed by atoms with van der Waals surface area (Å²) in [6.45, 7) is 2.51. The summed E-state index contributed by atoms with van der Waals surface area (Å²) in [5, 5.41) is 3.13. The van der Waals surface area contributed by atoms with Crippen LogP contribution in [0.4, 0.5) is 5.69 Å². The van der Waals surface area contributed by atoms with Gasteiger partial charge >= 0.3 is 0 Å². The van der Waals surface area contributed by atoms with Gasteiger partial charge in [-0.2, -0.15) is 0 Å². The number of nitrogens with zero attached hydrogens (tertiary/aromatic N) is 1. The minimum absolute atomic E-state index is 0.191. The van der Waals surface area contributed by atoms with Crippen molar-refractivity contribution in [3.05, 3.63) is 88.8 Å². The number of hydrogen-bond acceptors (Lipinski definition) is 5. The molecule has 1 amide bonds. The summed E-state index contributed by atoms with van der Waals surface area (Å²) in [5.74, 6) is 0.879. The van der Waals surface area contributed by atoms with E-state index in [0.29, 0.717) is 34.7 Å². The zero-order valence-corrected chi connectivity index (χ0v) is 15.7.